The molecule has 1 saturated heterocycles. The monoisotopic (exact) mass is 301 g/mol. The summed E-state index contributed by atoms with van der Waals surface area (Å²) in [6.07, 6.45) is 2.94. The summed E-state index contributed by atoms with van der Waals surface area (Å²) in [5, 5.41) is 10.6. The average Bonchev–Trinajstić information content (AvgIpc) is 2.95. The first kappa shape index (κ1) is 15.2. The standard InChI is InChI=1S/C16H25F2NO2/c1-10(2)11-3-4-15(13(11)20)5-7-19(8-6-15)14(21)12-9-16(12,17)18/h10-13,20H,3-9H2,1-2H3. The molecule has 3 aliphatic rings. The molecule has 0 aromatic carbocycles. The molecule has 0 aromatic rings. The molecular formula is C16H25F2NO2. The van der Waals surface area contributed by atoms with Crippen LogP contribution in [-0.2, 0) is 4.79 Å². The second-order valence-corrected chi connectivity index (χ2v) is 7.60. The Morgan fingerprint density at radius 2 is 1.81 bits per heavy atom. The molecule has 3 unspecified atom stereocenters. The van der Waals surface area contributed by atoms with Gasteiger partial charge in [0.2, 0.25) is 5.91 Å². The molecule has 1 amide bonds. The van der Waals surface area contributed by atoms with E-state index in [-0.39, 0.29) is 23.8 Å². The van der Waals surface area contributed by atoms with Gasteiger partial charge in [-0.05, 0) is 42.9 Å². The summed E-state index contributed by atoms with van der Waals surface area (Å²) in [7, 11) is 0. The van der Waals surface area contributed by atoms with Gasteiger partial charge in [0.15, 0.2) is 0 Å². The van der Waals surface area contributed by atoms with Crippen LogP contribution in [0.5, 0.6) is 0 Å². The van der Waals surface area contributed by atoms with Crippen molar-refractivity contribution in [3.63, 3.8) is 0 Å². The zero-order valence-corrected chi connectivity index (χ0v) is 12.8. The van der Waals surface area contributed by atoms with Crippen LogP contribution in [-0.4, -0.2) is 41.0 Å². The van der Waals surface area contributed by atoms with Gasteiger partial charge in [-0.1, -0.05) is 13.8 Å². The van der Waals surface area contributed by atoms with Gasteiger partial charge in [-0.3, -0.25) is 4.79 Å². The summed E-state index contributed by atoms with van der Waals surface area (Å²) in [6.45, 7) is 5.32. The first-order valence-electron chi connectivity index (χ1n) is 8.11. The Hall–Kier alpha value is -0.710. The van der Waals surface area contributed by atoms with E-state index in [2.05, 4.69) is 13.8 Å². The molecule has 1 aliphatic heterocycles. The average molecular weight is 301 g/mol. The predicted molar refractivity (Wildman–Crippen MR) is 74.9 cm³/mol. The molecule has 3 nitrogen and oxygen atoms in total. The number of piperidine rings is 1. The third kappa shape index (κ3) is 2.47. The van der Waals surface area contributed by atoms with E-state index in [0.717, 1.165) is 25.7 Å². The first-order chi connectivity index (χ1) is 9.77. The van der Waals surface area contributed by atoms with Crippen LogP contribution in [0.15, 0.2) is 0 Å². The lowest BCUT2D eigenvalue weighted by Crippen LogP contribution is -2.48. The van der Waals surface area contributed by atoms with Gasteiger partial charge in [0.05, 0.1) is 6.10 Å². The van der Waals surface area contributed by atoms with Crippen LogP contribution in [0.1, 0.15) is 46.0 Å². The van der Waals surface area contributed by atoms with Crippen LogP contribution < -0.4 is 0 Å². The van der Waals surface area contributed by atoms with Crippen molar-refractivity contribution in [1.29, 1.82) is 0 Å². The second-order valence-electron chi connectivity index (χ2n) is 7.60. The van der Waals surface area contributed by atoms with Crippen molar-refractivity contribution < 1.29 is 18.7 Å². The minimum Gasteiger partial charge on any atom is -0.392 e. The van der Waals surface area contributed by atoms with Gasteiger partial charge in [-0.2, -0.15) is 0 Å². The van der Waals surface area contributed by atoms with Crippen molar-refractivity contribution >= 4 is 5.91 Å². The topological polar surface area (TPSA) is 40.5 Å². The highest BCUT2D eigenvalue weighted by atomic mass is 19.3. The van der Waals surface area contributed by atoms with Crippen molar-refractivity contribution in [1.82, 2.24) is 4.90 Å². The molecule has 5 heteroatoms. The van der Waals surface area contributed by atoms with E-state index in [1.165, 1.54) is 0 Å². The number of likely N-dealkylation sites (tertiary alicyclic amines) is 1. The number of nitrogens with zero attached hydrogens (tertiary/aromatic N) is 1. The maximum Gasteiger partial charge on any atom is 0.260 e. The Morgan fingerprint density at radius 1 is 1.24 bits per heavy atom. The molecule has 1 heterocycles. The van der Waals surface area contributed by atoms with Crippen molar-refractivity contribution in [2.24, 2.45) is 23.2 Å². The number of rotatable bonds is 2. The van der Waals surface area contributed by atoms with Crippen LogP contribution in [0, 0.1) is 23.2 Å². The van der Waals surface area contributed by atoms with Gasteiger partial charge in [-0.25, -0.2) is 8.78 Å². The van der Waals surface area contributed by atoms with Gasteiger partial charge in [-0.15, -0.1) is 0 Å². The van der Waals surface area contributed by atoms with Gasteiger partial charge in [0.25, 0.3) is 5.92 Å². The van der Waals surface area contributed by atoms with E-state index in [9.17, 15) is 18.7 Å². The third-order valence-electron chi connectivity index (χ3n) is 6.06. The highest BCUT2D eigenvalue weighted by molar-refractivity contribution is 5.83. The quantitative estimate of drug-likeness (QED) is 0.852. The molecule has 1 N–H and O–H groups in total. The molecule has 3 atom stereocenters. The van der Waals surface area contributed by atoms with Gasteiger partial charge >= 0.3 is 0 Å². The number of hydrogen-bond acceptors (Lipinski definition) is 2. The van der Waals surface area contributed by atoms with Crippen molar-refractivity contribution in [2.45, 2.75) is 58.0 Å². The zero-order chi connectivity index (χ0) is 15.4. The number of alkyl halides is 2. The summed E-state index contributed by atoms with van der Waals surface area (Å²) < 4.78 is 26.0. The molecule has 3 rings (SSSR count). The number of aliphatic hydroxyl groups is 1. The molecule has 0 radical (unpaired) electrons. The molecule has 2 aliphatic carbocycles. The molecule has 0 bridgehead atoms. The number of carbonyl (C=O) groups excluding carboxylic acids is 1. The summed E-state index contributed by atoms with van der Waals surface area (Å²) in [6, 6.07) is 0. The van der Waals surface area contributed by atoms with Crippen LogP contribution in [0.3, 0.4) is 0 Å². The SMILES string of the molecule is CC(C)C1CCC2(CCN(C(=O)C3CC3(F)F)CC2)C1O. The Balaban J connectivity index is 1.59. The van der Waals surface area contributed by atoms with Crippen LogP contribution in [0.2, 0.25) is 0 Å². The smallest absolute Gasteiger partial charge is 0.260 e. The number of amides is 1. The summed E-state index contributed by atoms with van der Waals surface area (Å²) in [5.41, 5.74) is -0.0855. The molecule has 120 valence electrons. The van der Waals surface area contributed by atoms with Gasteiger partial charge in [0, 0.05) is 19.5 Å². The third-order valence-corrected chi connectivity index (χ3v) is 6.06. The van der Waals surface area contributed by atoms with Crippen LogP contribution in [0.25, 0.3) is 0 Å². The normalized spacial score (nSPS) is 37.2. The lowest BCUT2D eigenvalue weighted by atomic mass is 9.73. The number of carbonyl (C=O) groups is 1. The minimum atomic E-state index is -2.78. The highest BCUT2D eigenvalue weighted by Crippen LogP contribution is 2.53. The highest BCUT2D eigenvalue weighted by Gasteiger charge is 2.62. The second kappa shape index (κ2) is 4.90. The zero-order valence-electron chi connectivity index (χ0n) is 12.8. The van der Waals surface area contributed by atoms with Gasteiger partial charge < -0.3 is 10.0 Å². The van der Waals surface area contributed by atoms with E-state index in [1.807, 2.05) is 0 Å². The number of halogens is 2. The number of aliphatic hydroxyl groups excluding tert-OH is 1. The van der Waals surface area contributed by atoms with Crippen molar-refractivity contribution in [2.75, 3.05) is 13.1 Å². The molecule has 1 spiro atoms. The molecule has 21 heavy (non-hydrogen) atoms. The fraction of sp³-hybridized carbons (Fsp3) is 0.938. The van der Waals surface area contributed by atoms with E-state index >= 15 is 0 Å². The Bertz CT molecular complexity index is 430. The van der Waals surface area contributed by atoms with E-state index < -0.39 is 11.8 Å². The molecule has 0 aromatic heterocycles. The minimum absolute atomic E-state index is 0.0855. The maximum atomic E-state index is 13.0. The van der Waals surface area contributed by atoms with Crippen LogP contribution in [0.4, 0.5) is 8.78 Å². The number of hydrogen-bond donors (Lipinski definition) is 1. The lowest BCUT2D eigenvalue weighted by Gasteiger charge is -2.42. The molecular weight excluding hydrogens is 276 g/mol. The van der Waals surface area contributed by atoms with Crippen molar-refractivity contribution in [3.8, 4) is 0 Å². The van der Waals surface area contributed by atoms with Crippen molar-refractivity contribution in [3.05, 3.63) is 0 Å². The van der Waals surface area contributed by atoms with Crippen LogP contribution >= 0.6 is 0 Å². The lowest BCUT2D eigenvalue weighted by molar-refractivity contribution is -0.138. The molecule has 2 saturated carbocycles. The maximum absolute atomic E-state index is 13.0. The van der Waals surface area contributed by atoms with Gasteiger partial charge in [0.1, 0.15) is 5.92 Å². The largest absolute Gasteiger partial charge is 0.392 e. The fourth-order valence-electron chi connectivity index (χ4n) is 4.33. The predicted octanol–water partition coefficient (Wildman–Crippen LogP) is 2.68. The summed E-state index contributed by atoms with van der Waals surface area (Å²) in [5.74, 6) is -3.45. The Labute approximate surface area is 124 Å². The first-order valence-corrected chi connectivity index (χ1v) is 8.11. The summed E-state index contributed by atoms with van der Waals surface area (Å²) >= 11 is 0. The summed E-state index contributed by atoms with van der Waals surface area (Å²) in [4.78, 5) is 13.6. The Morgan fingerprint density at radius 3 is 2.24 bits per heavy atom. The van der Waals surface area contributed by atoms with E-state index in [0.29, 0.717) is 24.9 Å². The fourth-order valence-corrected chi connectivity index (χ4v) is 4.33. The molecule has 3 fully saturated rings. The van der Waals surface area contributed by atoms with E-state index in [1.54, 1.807) is 4.90 Å². The Kier molecular flexibility index (Phi) is 3.55. The van der Waals surface area contributed by atoms with E-state index in [4.69, 9.17) is 0 Å².